The number of hydrogen-bond donors (Lipinski definition) is 0. The molecule has 1 aliphatic carbocycles. The molecule has 0 saturated heterocycles. The Balaban J connectivity index is 1.93. The summed E-state index contributed by atoms with van der Waals surface area (Å²) in [5.74, 6) is 0.843. The summed E-state index contributed by atoms with van der Waals surface area (Å²) in [5.41, 5.74) is 0. The first-order chi connectivity index (χ1) is 7.66. The second-order valence-corrected chi connectivity index (χ2v) is 8.26. The van der Waals surface area contributed by atoms with Gasteiger partial charge in [0.05, 0.1) is 9.16 Å². The average Bonchev–Trinajstić information content (AvgIpc) is 2.61. The van der Waals surface area contributed by atoms with Gasteiger partial charge in [-0.05, 0) is 50.3 Å². The van der Waals surface area contributed by atoms with Crippen LogP contribution in [0.3, 0.4) is 0 Å². The molecule has 16 heavy (non-hydrogen) atoms. The third-order valence-electron chi connectivity index (χ3n) is 3.24. The predicted octanol–water partition coefficient (Wildman–Crippen LogP) is 6.52. The van der Waals surface area contributed by atoms with E-state index < -0.39 is 0 Å². The first-order valence-electron chi connectivity index (χ1n) is 5.75. The van der Waals surface area contributed by atoms with Gasteiger partial charge in [-0.1, -0.05) is 32.1 Å². The number of halogens is 3. The van der Waals surface area contributed by atoms with Crippen LogP contribution in [-0.2, 0) is 0 Å². The Morgan fingerprint density at radius 3 is 2.56 bits per heavy atom. The molecule has 1 heterocycles. The lowest BCUT2D eigenvalue weighted by Crippen LogP contribution is -2.08. The van der Waals surface area contributed by atoms with Crippen molar-refractivity contribution in [2.45, 2.75) is 43.9 Å². The zero-order valence-electron chi connectivity index (χ0n) is 9.02. The van der Waals surface area contributed by atoms with Gasteiger partial charge in [0.25, 0.3) is 0 Å². The molecule has 1 atom stereocenters. The number of thiophene rings is 1. The summed E-state index contributed by atoms with van der Waals surface area (Å²) in [6.45, 7) is 0. The summed E-state index contributed by atoms with van der Waals surface area (Å²) in [5, 5.41) is 0.190. The molecule has 0 nitrogen and oxygen atoms in total. The van der Waals surface area contributed by atoms with Crippen molar-refractivity contribution in [2.24, 2.45) is 5.92 Å². The van der Waals surface area contributed by atoms with E-state index in [0.29, 0.717) is 0 Å². The van der Waals surface area contributed by atoms with Gasteiger partial charge < -0.3 is 0 Å². The number of alkyl halides is 1. The third kappa shape index (κ3) is 3.47. The first-order valence-corrected chi connectivity index (χ1v) is 8.59. The fourth-order valence-corrected chi connectivity index (χ4v) is 4.88. The molecule has 1 saturated carbocycles. The fourth-order valence-electron chi connectivity index (χ4n) is 2.35. The Hall–Kier alpha value is 0.950. The molecule has 2 rings (SSSR count). The molecule has 0 radical (unpaired) electrons. The summed E-state index contributed by atoms with van der Waals surface area (Å²) in [7, 11) is 0. The number of rotatable bonds is 3. The predicted molar refractivity (Wildman–Crippen MR) is 79.5 cm³/mol. The van der Waals surface area contributed by atoms with Crippen molar-refractivity contribution in [3.05, 3.63) is 19.2 Å². The van der Waals surface area contributed by atoms with Crippen LogP contribution in [0.1, 0.15) is 48.8 Å². The van der Waals surface area contributed by atoms with E-state index in [9.17, 15) is 0 Å². The molecule has 4 heteroatoms. The molecule has 0 N–H and O–H groups in total. The van der Waals surface area contributed by atoms with Gasteiger partial charge in [-0.3, -0.25) is 0 Å². The van der Waals surface area contributed by atoms with Gasteiger partial charge in [0, 0.05) is 9.35 Å². The molecule has 0 aliphatic heterocycles. The van der Waals surface area contributed by atoms with E-state index in [0.717, 1.165) is 20.6 Å². The van der Waals surface area contributed by atoms with Crippen LogP contribution in [0.15, 0.2) is 14.3 Å². The van der Waals surface area contributed by atoms with Gasteiger partial charge in [-0.15, -0.1) is 22.9 Å². The van der Waals surface area contributed by atoms with Crippen LogP contribution in [0.4, 0.5) is 0 Å². The van der Waals surface area contributed by atoms with Crippen molar-refractivity contribution in [2.75, 3.05) is 0 Å². The molecule has 1 aliphatic rings. The van der Waals surface area contributed by atoms with Gasteiger partial charge in [0.1, 0.15) is 0 Å². The summed E-state index contributed by atoms with van der Waals surface area (Å²) in [4.78, 5) is 1.28. The normalized spacial score (nSPS) is 19.9. The van der Waals surface area contributed by atoms with Crippen molar-refractivity contribution in [3.63, 3.8) is 0 Å². The van der Waals surface area contributed by atoms with E-state index in [-0.39, 0.29) is 5.38 Å². The minimum Gasteiger partial charge on any atom is -0.131 e. The zero-order valence-corrected chi connectivity index (χ0v) is 13.8. The van der Waals surface area contributed by atoms with Crippen LogP contribution in [0.25, 0.3) is 0 Å². The van der Waals surface area contributed by atoms with Crippen LogP contribution in [-0.4, -0.2) is 0 Å². The monoisotopic (exact) mass is 384 g/mol. The lowest BCUT2D eigenvalue weighted by atomic mass is 9.86. The van der Waals surface area contributed by atoms with Crippen molar-refractivity contribution in [1.29, 1.82) is 0 Å². The highest BCUT2D eigenvalue weighted by Crippen LogP contribution is 2.41. The largest absolute Gasteiger partial charge is 0.131 e. The first kappa shape index (κ1) is 13.4. The Labute approximate surface area is 123 Å². The molecule has 0 aromatic carbocycles. The standard InChI is InChI=1S/C12H15Br2ClS/c13-9-7-11(16-12(9)14)10(15)6-8-4-2-1-3-5-8/h7-8,10H,1-6H2. The minimum atomic E-state index is 0.190. The molecule has 1 aromatic rings. The Morgan fingerprint density at radius 2 is 2.00 bits per heavy atom. The maximum atomic E-state index is 6.49. The maximum absolute atomic E-state index is 6.49. The van der Waals surface area contributed by atoms with Crippen LogP contribution in [0, 0.1) is 5.92 Å². The maximum Gasteiger partial charge on any atom is 0.0843 e. The number of hydrogen-bond acceptors (Lipinski definition) is 1. The van der Waals surface area contributed by atoms with Crippen molar-refractivity contribution >= 4 is 54.8 Å². The van der Waals surface area contributed by atoms with Crippen LogP contribution >= 0.6 is 54.8 Å². The van der Waals surface area contributed by atoms with Gasteiger partial charge in [-0.25, -0.2) is 0 Å². The van der Waals surface area contributed by atoms with Crippen LogP contribution < -0.4 is 0 Å². The van der Waals surface area contributed by atoms with E-state index in [4.69, 9.17) is 11.6 Å². The molecule has 1 aromatic heterocycles. The van der Waals surface area contributed by atoms with Crippen molar-refractivity contribution < 1.29 is 0 Å². The highest BCUT2D eigenvalue weighted by molar-refractivity contribution is 9.13. The molecular weight excluding hydrogens is 371 g/mol. The van der Waals surface area contributed by atoms with E-state index in [1.165, 1.54) is 37.0 Å². The highest BCUT2D eigenvalue weighted by atomic mass is 79.9. The Kier molecular flexibility index (Phi) is 5.20. The van der Waals surface area contributed by atoms with Gasteiger partial charge in [-0.2, -0.15) is 0 Å². The smallest absolute Gasteiger partial charge is 0.0843 e. The minimum absolute atomic E-state index is 0.190. The zero-order chi connectivity index (χ0) is 11.5. The molecule has 90 valence electrons. The Bertz CT molecular complexity index is 325. The second kappa shape index (κ2) is 6.21. The van der Waals surface area contributed by atoms with E-state index in [2.05, 4.69) is 37.9 Å². The SMILES string of the molecule is ClC(CC1CCCCC1)c1cc(Br)c(Br)s1. The van der Waals surface area contributed by atoms with Crippen LogP contribution in [0.2, 0.25) is 0 Å². The quantitative estimate of drug-likeness (QED) is 0.519. The van der Waals surface area contributed by atoms with Crippen molar-refractivity contribution in [1.82, 2.24) is 0 Å². The summed E-state index contributed by atoms with van der Waals surface area (Å²) in [6, 6.07) is 2.15. The lowest BCUT2D eigenvalue weighted by Gasteiger charge is -2.23. The van der Waals surface area contributed by atoms with Crippen LogP contribution in [0.5, 0.6) is 0 Å². The highest BCUT2D eigenvalue weighted by Gasteiger charge is 2.20. The molecule has 1 unspecified atom stereocenters. The second-order valence-electron chi connectivity index (χ2n) is 4.48. The van der Waals surface area contributed by atoms with Crippen molar-refractivity contribution in [3.8, 4) is 0 Å². The molecule has 0 bridgehead atoms. The summed E-state index contributed by atoms with van der Waals surface area (Å²) < 4.78 is 2.28. The Morgan fingerprint density at radius 1 is 1.31 bits per heavy atom. The fraction of sp³-hybridized carbons (Fsp3) is 0.667. The molecule has 0 spiro atoms. The van der Waals surface area contributed by atoms with Gasteiger partial charge >= 0.3 is 0 Å². The molecule has 0 amide bonds. The topological polar surface area (TPSA) is 0 Å². The van der Waals surface area contributed by atoms with E-state index >= 15 is 0 Å². The third-order valence-corrected chi connectivity index (χ3v) is 7.15. The van der Waals surface area contributed by atoms with Gasteiger partial charge in [0.15, 0.2) is 0 Å². The van der Waals surface area contributed by atoms with E-state index in [1.54, 1.807) is 11.3 Å². The molecule has 1 fully saturated rings. The molecular formula is C12H15Br2ClS. The van der Waals surface area contributed by atoms with Gasteiger partial charge in [0.2, 0.25) is 0 Å². The average molecular weight is 387 g/mol. The summed E-state index contributed by atoms with van der Waals surface area (Å²) in [6.07, 6.45) is 8.09. The van der Waals surface area contributed by atoms with E-state index in [1.807, 2.05) is 0 Å². The summed E-state index contributed by atoms with van der Waals surface area (Å²) >= 11 is 15.3. The lowest BCUT2D eigenvalue weighted by molar-refractivity contribution is 0.337.